The van der Waals surface area contributed by atoms with E-state index in [0.29, 0.717) is 29.1 Å². The molecule has 1 aliphatic rings. The van der Waals surface area contributed by atoms with Crippen LogP contribution in [0.15, 0.2) is 93.9 Å². The number of aryl methyl sites for hydroxylation is 2. The van der Waals surface area contributed by atoms with E-state index in [1.54, 1.807) is 23.1 Å². The molecule has 1 unspecified atom stereocenters. The molecular formula is C31H24ClN5O2S3. The molecule has 11 heteroatoms. The molecule has 4 heterocycles. The average molecular weight is 630 g/mol. The van der Waals surface area contributed by atoms with Crippen molar-refractivity contribution < 1.29 is 9.47 Å². The molecule has 1 atom stereocenters. The molecule has 0 amide bonds. The Hall–Kier alpha value is -3.57. The van der Waals surface area contributed by atoms with Crippen LogP contribution in [0.1, 0.15) is 28.2 Å². The number of nitrogens with zero attached hydrogens (tertiary/aromatic N) is 5. The van der Waals surface area contributed by atoms with Crippen LogP contribution in [0.2, 0.25) is 5.02 Å². The van der Waals surface area contributed by atoms with E-state index in [1.165, 1.54) is 22.2 Å². The van der Waals surface area contributed by atoms with Crippen LogP contribution in [-0.4, -0.2) is 31.3 Å². The lowest BCUT2D eigenvalue weighted by Crippen LogP contribution is -2.24. The lowest BCUT2D eigenvalue weighted by Gasteiger charge is -2.26. The second-order valence-corrected chi connectivity index (χ2v) is 13.3. The van der Waals surface area contributed by atoms with Crippen molar-refractivity contribution in [3.05, 3.63) is 106 Å². The van der Waals surface area contributed by atoms with Crippen LogP contribution < -0.4 is 9.47 Å². The summed E-state index contributed by atoms with van der Waals surface area (Å²) >= 11 is 10.9. The molecular weight excluding hydrogens is 606 g/mol. The minimum atomic E-state index is -0.427. The largest absolute Gasteiger partial charge is 0.485 e. The summed E-state index contributed by atoms with van der Waals surface area (Å²) in [6, 6.07) is 25.6. The second kappa shape index (κ2) is 11.6. The minimum absolute atomic E-state index is 0.333. The van der Waals surface area contributed by atoms with Gasteiger partial charge in [-0.3, -0.25) is 4.57 Å². The van der Waals surface area contributed by atoms with Gasteiger partial charge >= 0.3 is 0 Å². The van der Waals surface area contributed by atoms with Gasteiger partial charge in [0.25, 0.3) is 0 Å². The summed E-state index contributed by atoms with van der Waals surface area (Å²) in [6.45, 7) is 4.59. The number of fused-ring (bicyclic) bond motifs is 2. The van der Waals surface area contributed by atoms with Crippen molar-refractivity contribution in [2.45, 2.75) is 40.8 Å². The van der Waals surface area contributed by atoms with Gasteiger partial charge in [0.2, 0.25) is 5.16 Å². The van der Waals surface area contributed by atoms with E-state index in [-0.39, 0.29) is 0 Å². The van der Waals surface area contributed by atoms with Crippen LogP contribution in [0, 0.1) is 13.8 Å². The topological polar surface area (TPSA) is 75.0 Å². The number of para-hydroxylation sites is 3. The van der Waals surface area contributed by atoms with Gasteiger partial charge in [-0.1, -0.05) is 41.9 Å². The van der Waals surface area contributed by atoms with E-state index in [0.717, 1.165) is 42.4 Å². The zero-order valence-electron chi connectivity index (χ0n) is 22.7. The zero-order valence-corrected chi connectivity index (χ0v) is 25.9. The van der Waals surface area contributed by atoms with Crippen molar-refractivity contribution in [1.82, 2.24) is 24.7 Å². The fourth-order valence-corrected chi connectivity index (χ4v) is 7.72. The van der Waals surface area contributed by atoms with Gasteiger partial charge in [-0.05, 0) is 79.7 Å². The number of hydrogen-bond acceptors (Lipinski definition) is 9. The molecule has 0 spiro atoms. The highest BCUT2D eigenvalue weighted by atomic mass is 35.5. The molecule has 0 N–H and O–H groups in total. The van der Waals surface area contributed by atoms with Gasteiger partial charge < -0.3 is 9.47 Å². The van der Waals surface area contributed by atoms with Crippen LogP contribution in [0.3, 0.4) is 0 Å². The molecule has 1 aliphatic heterocycles. The maximum Gasteiger partial charge on any atom is 0.202 e. The maximum atomic E-state index is 6.34. The molecule has 42 heavy (non-hydrogen) atoms. The summed E-state index contributed by atoms with van der Waals surface area (Å²) in [5.41, 5.74) is 2.12. The van der Waals surface area contributed by atoms with Gasteiger partial charge in [0.15, 0.2) is 23.4 Å². The Kier molecular flexibility index (Phi) is 7.54. The average Bonchev–Trinajstić information content (AvgIpc) is 3.56. The Balaban J connectivity index is 1.27. The molecule has 0 radical (unpaired) electrons. The number of thiophene rings is 1. The van der Waals surface area contributed by atoms with Crippen LogP contribution in [0.5, 0.6) is 11.5 Å². The monoisotopic (exact) mass is 629 g/mol. The number of ether oxygens (including phenoxy) is 2. The van der Waals surface area contributed by atoms with E-state index in [9.17, 15) is 0 Å². The summed E-state index contributed by atoms with van der Waals surface area (Å²) in [4.78, 5) is 13.3. The third kappa shape index (κ3) is 5.35. The van der Waals surface area contributed by atoms with Crippen molar-refractivity contribution in [2.24, 2.45) is 0 Å². The summed E-state index contributed by atoms with van der Waals surface area (Å²) in [5, 5.41) is 12.6. The highest BCUT2D eigenvalue weighted by molar-refractivity contribution is 7.99. The van der Waals surface area contributed by atoms with Gasteiger partial charge in [0.1, 0.15) is 22.3 Å². The number of halogens is 1. The normalized spacial score (nSPS) is 14.4. The molecule has 0 saturated heterocycles. The molecule has 0 bridgehead atoms. The predicted octanol–water partition coefficient (Wildman–Crippen LogP) is 8.50. The smallest absolute Gasteiger partial charge is 0.202 e. The van der Waals surface area contributed by atoms with Crippen LogP contribution in [0.4, 0.5) is 0 Å². The van der Waals surface area contributed by atoms with Crippen molar-refractivity contribution in [1.29, 1.82) is 0 Å². The SMILES string of the molecule is Cc1sc2nc(CSc3ccc(Cl)cc3)nc(Sc3nnc(C4COc5ccccc5O4)n3-c3ccccc3)c2c1C. The Labute approximate surface area is 260 Å². The first-order valence-electron chi connectivity index (χ1n) is 13.3. The van der Waals surface area contributed by atoms with Crippen molar-refractivity contribution in [3.8, 4) is 17.2 Å². The molecule has 0 aliphatic carbocycles. The first-order valence-corrected chi connectivity index (χ1v) is 16.2. The highest BCUT2D eigenvalue weighted by Gasteiger charge is 2.30. The summed E-state index contributed by atoms with van der Waals surface area (Å²) in [7, 11) is 0. The first-order chi connectivity index (χ1) is 20.5. The molecule has 0 fully saturated rings. The zero-order chi connectivity index (χ0) is 28.6. The molecule has 7 nitrogen and oxygen atoms in total. The van der Waals surface area contributed by atoms with E-state index in [4.69, 9.17) is 31.0 Å². The van der Waals surface area contributed by atoms with Gasteiger partial charge in [0, 0.05) is 25.9 Å². The van der Waals surface area contributed by atoms with E-state index >= 15 is 0 Å². The molecule has 3 aromatic heterocycles. The Morgan fingerprint density at radius 3 is 2.50 bits per heavy atom. The molecule has 0 saturated carbocycles. The Morgan fingerprint density at radius 2 is 1.69 bits per heavy atom. The Bertz CT molecular complexity index is 1890. The van der Waals surface area contributed by atoms with Crippen molar-refractivity contribution >= 4 is 56.7 Å². The van der Waals surface area contributed by atoms with Crippen LogP contribution in [0.25, 0.3) is 15.9 Å². The summed E-state index contributed by atoms with van der Waals surface area (Å²) < 4.78 is 14.4. The van der Waals surface area contributed by atoms with E-state index in [1.807, 2.05) is 83.4 Å². The minimum Gasteiger partial charge on any atom is -0.485 e. The number of benzene rings is 3. The maximum absolute atomic E-state index is 6.34. The van der Waals surface area contributed by atoms with Gasteiger partial charge in [-0.25, -0.2) is 9.97 Å². The predicted molar refractivity (Wildman–Crippen MR) is 169 cm³/mol. The van der Waals surface area contributed by atoms with Gasteiger partial charge in [0.05, 0.1) is 5.75 Å². The van der Waals surface area contributed by atoms with Crippen molar-refractivity contribution in [3.63, 3.8) is 0 Å². The van der Waals surface area contributed by atoms with E-state index < -0.39 is 6.10 Å². The van der Waals surface area contributed by atoms with E-state index in [2.05, 4.69) is 24.0 Å². The van der Waals surface area contributed by atoms with Crippen LogP contribution >= 0.6 is 46.5 Å². The quantitative estimate of drug-likeness (QED) is 0.129. The van der Waals surface area contributed by atoms with Crippen LogP contribution in [-0.2, 0) is 5.75 Å². The number of hydrogen-bond donors (Lipinski definition) is 0. The number of aromatic nitrogens is 5. The fourth-order valence-electron chi connectivity index (χ4n) is 4.68. The van der Waals surface area contributed by atoms with Crippen molar-refractivity contribution in [2.75, 3.05) is 6.61 Å². The Morgan fingerprint density at radius 1 is 0.929 bits per heavy atom. The molecule has 3 aromatic carbocycles. The first kappa shape index (κ1) is 27.3. The third-order valence-corrected chi connectivity index (χ3v) is 10.2. The van der Waals surface area contributed by atoms with Gasteiger partial charge in [-0.2, -0.15) is 0 Å². The third-order valence-electron chi connectivity index (χ3n) is 6.88. The lowest BCUT2D eigenvalue weighted by molar-refractivity contribution is 0.0835. The highest BCUT2D eigenvalue weighted by Crippen LogP contribution is 2.41. The summed E-state index contributed by atoms with van der Waals surface area (Å²) in [6.07, 6.45) is -0.427. The molecule has 7 rings (SSSR count). The number of rotatable bonds is 7. The second-order valence-electron chi connectivity index (χ2n) is 9.63. The molecule has 210 valence electrons. The number of thioether (sulfide) groups is 1. The van der Waals surface area contributed by atoms with Gasteiger partial charge in [-0.15, -0.1) is 33.3 Å². The fraction of sp³-hybridized carbons (Fsp3) is 0.161. The standard InChI is InChI=1S/C31H24ClN5O2S3/c1-18-19(2)41-29-27(18)30(34-26(33-29)17-40-22-14-12-20(32)13-15-22)42-31-36-35-28(37(31)21-8-4-3-5-9-21)25-16-38-23-10-6-7-11-24(23)39-25/h3-15,25H,16-17H2,1-2H3. The molecule has 6 aromatic rings. The summed E-state index contributed by atoms with van der Waals surface area (Å²) in [5.74, 6) is 3.47. The lowest BCUT2D eigenvalue weighted by atomic mass is 10.2.